The van der Waals surface area contributed by atoms with Crippen molar-refractivity contribution < 1.29 is 9.63 Å². The van der Waals surface area contributed by atoms with Gasteiger partial charge in [0.05, 0.1) is 0 Å². The molecule has 0 atom stereocenters. The standard InChI is InChI=1S/C22H45NO2/c1-4-7-8-9-10-11-12-13-14-15-16-17-18-19-20-21-22(24)25-23(5-2)6-3/h4-21H2,1-3H3. The van der Waals surface area contributed by atoms with Gasteiger partial charge in [-0.25, -0.2) is 0 Å². The number of unbranched alkanes of at least 4 members (excludes halogenated alkanes) is 14. The summed E-state index contributed by atoms with van der Waals surface area (Å²) >= 11 is 0. The van der Waals surface area contributed by atoms with Crippen molar-refractivity contribution in [2.45, 2.75) is 124 Å². The van der Waals surface area contributed by atoms with Gasteiger partial charge in [0, 0.05) is 19.5 Å². The Morgan fingerprint density at radius 2 is 0.960 bits per heavy atom. The number of hydrogen-bond donors (Lipinski definition) is 0. The van der Waals surface area contributed by atoms with Crippen LogP contribution in [0.15, 0.2) is 0 Å². The molecule has 0 aromatic carbocycles. The van der Waals surface area contributed by atoms with E-state index in [2.05, 4.69) is 6.92 Å². The Bertz CT molecular complexity index is 277. The number of hydroxylamine groups is 2. The molecule has 0 heterocycles. The summed E-state index contributed by atoms with van der Waals surface area (Å²) in [6, 6.07) is 0. The summed E-state index contributed by atoms with van der Waals surface area (Å²) in [6.45, 7) is 7.82. The van der Waals surface area contributed by atoms with Gasteiger partial charge in [-0.15, -0.1) is 5.06 Å². The van der Waals surface area contributed by atoms with Crippen LogP contribution in [0.1, 0.15) is 124 Å². The molecule has 0 saturated heterocycles. The molecule has 150 valence electrons. The van der Waals surface area contributed by atoms with Crippen molar-refractivity contribution in [2.24, 2.45) is 0 Å². The topological polar surface area (TPSA) is 29.5 Å². The lowest BCUT2D eigenvalue weighted by molar-refractivity contribution is -0.188. The third kappa shape index (κ3) is 18.0. The molecule has 3 nitrogen and oxygen atoms in total. The molecule has 0 amide bonds. The first-order chi connectivity index (χ1) is 12.2. The van der Waals surface area contributed by atoms with Crippen molar-refractivity contribution in [2.75, 3.05) is 13.1 Å². The second-order valence-corrected chi connectivity index (χ2v) is 7.28. The first kappa shape index (κ1) is 24.4. The normalized spacial score (nSPS) is 11.2. The lowest BCUT2D eigenvalue weighted by Crippen LogP contribution is -2.26. The van der Waals surface area contributed by atoms with Gasteiger partial charge in [0.25, 0.3) is 0 Å². The summed E-state index contributed by atoms with van der Waals surface area (Å²) < 4.78 is 0. The van der Waals surface area contributed by atoms with E-state index in [1.165, 1.54) is 83.5 Å². The van der Waals surface area contributed by atoms with Gasteiger partial charge >= 0.3 is 5.97 Å². The molecule has 0 aliphatic carbocycles. The summed E-state index contributed by atoms with van der Waals surface area (Å²) in [7, 11) is 0. The highest BCUT2D eigenvalue weighted by Crippen LogP contribution is 2.13. The summed E-state index contributed by atoms with van der Waals surface area (Å²) in [5.74, 6) is -0.0709. The zero-order valence-electron chi connectivity index (χ0n) is 17.5. The lowest BCUT2D eigenvalue weighted by Gasteiger charge is -2.16. The Morgan fingerprint density at radius 1 is 0.600 bits per heavy atom. The molecule has 0 N–H and O–H groups in total. The van der Waals surface area contributed by atoms with Crippen LogP contribution in [0, 0.1) is 0 Å². The number of hydrogen-bond acceptors (Lipinski definition) is 3. The van der Waals surface area contributed by atoms with Crippen LogP contribution >= 0.6 is 0 Å². The molecule has 0 fully saturated rings. The highest BCUT2D eigenvalue weighted by molar-refractivity contribution is 5.68. The van der Waals surface area contributed by atoms with Gasteiger partial charge in [-0.05, 0) is 20.3 Å². The first-order valence-corrected chi connectivity index (χ1v) is 11.2. The molecular formula is C22H45NO2. The number of rotatable bonds is 19. The van der Waals surface area contributed by atoms with E-state index in [1.807, 2.05) is 13.8 Å². The zero-order chi connectivity index (χ0) is 18.6. The minimum absolute atomic E-state index is 0.0709. The van der Waals surface area contributed by atoms with Crippen LogP contribution in [0.25, 0.3) is 0 Å². The second-order valence-electron chi connectivity index (χ2n) is 7.28. The summed E-state index contributed by atoms with van der Waals surface area (Å²) in [6.07, 6.45) is 20.8. The van der Waals surface area contributed by atoms with Gasteiger partial charge < -0.3 is 4.84 Å². The lowest BCUT2D eigenvalue weighted by atomic mass is 10.0. The fourth-order valence-corrected chi connectivity index (χ4v) is 3.18. The van der Waals surface area contributed by atoms with E-state index in [0.717, 1.165) is 25.9 Å². The molecule has 25 heavy (non-hydrogen) atoms. The smallest absolute Gasteiger partial charge is 0.325 e. The number of nitrogens with zero attached hydrogens (tertiary/aromatic N) is 1. The van der Waals surface area contributed by atoms with Gasteiger partial charge in [0.2, 0.25) is 0 Å². The van der Waals surface area contributed by atoms with Crippen LogP contribution in [-0.2, 0) is 9.63 Å². The Hall–Kier alpha value is -0.570. The fraction of sp³-hybridized carbons (Fsp3) is 0.955. The fourth-order valence-electron chi connectivity index (χ4n) is 3.18. The first-order valence-electron chi connectivity index (χ1n) is 11.2. The summed E-state index contributed by atoms with van der Waals surface area (Å²) in [4.78, 5) is 16.9. The van der Waals surface area contributed by atoms with Crippen LogP contribution in [0.3, 0.4) is 0 Å². The van der Waals surface area contributed by atoms with E-state index in [1.54, 1.807) is 5.06 Å². The molecule has 0 aromatic heterocycles. The third-order valence-electron chi connectivity index (χ3n) is 4.92. The quantitative estimate of drug-likeness (QED) is 0.184. The van der Waals surface area contributed by atoms with Crippen molar-refractivity contribution in [3.8, 4) is 0 Å². The van der Waals surface area contributed by atoms with E-state index in [9.17, 15) is 4.79 Å². The van der Waals surface area contributed by atoms with Gasteiger partial charge in [0.1, 0.15) is 0 Å². The van der Waals surface area contributed by atoms with Gasteiger partial charge in [-0.3, -0.25) is 4.79 Å². The zero-order valence-corrected chi connectivity index (χ0v) is 17.5. The van der Waals surface area contributed by atoms with Crippen LogP contribution in [-0.4, -0.2) is 24.1 Å². The Labute approximate surface area is 157 Å². The Kier molecular flexibility index (Phi) is 19.3. The molecule has 0 aliphatic heterocycles. The van der Waals surface area contributed by atoms with Gasteiger partial charge in [-0.2, -0.15) is 0 Å². The molecule has 0 aromatic rings. The number of carbonyl (C=O) groups excluding carboxylic acids is 1. The largest absolute Gasteiger partial charge is 0.368 e. The average Bonchev–Trinajstić information content (AvgIpc) is 2.62. The number of carbonyl (C=O) groups is 1. The maximum atomic E-state index is 11.6. The molecule has 0 unspecified atom stereocenters. The molecule has 0 saturated carbocycles. The SMILES string of the molecule is CCCCCCCCCCCCCCCCCC(=O)ON(CC)CC. The van der Waals surface area contributed by atoms with E-state index in [0.29, 0.717) is 6.42 Å². The highest BCUT2D eigenvalue weighted by Gasteiger charge is 2.07. The molecular weight excluding hydrogens is 310 g/mol. The van der Waals surface area contributed by atoms with E-state index in [4.69, 9.17) is 4.84 Å². The van der Waals surface area contributed by atoms with Crippen LogP contribution in [0.5, 0.6) is 0 Å². The maximum absolute atomic E-state index is 11.6. The van der Waals surface area contributed by atoms with Gasteiger partial charge in [0.15, 0.2) is 0 Å². The minimum atomic E-state index is -0.0709. The van der Waals surface area contributed by atoms with Crippen LogP contribution < -0.4 is 0 Å². The predicted octanol–water partition coefficient (Wildman–Crippen LogP) is 7.05. The molecule has 0 aliphatic rings. The van der Waals surface area contributed by atoms with E-state index >= 15 is 0 Å². The Balaban J connectivity index is 3.17. The monoisotopic (exact) mass is 355 g/mol. The summed E-state index contributed by atoms with van der Waals surface area (Å²) in [5.41, 5.74) is 0. The predicted molar refractivity (Wildman–Crippen MR) is 109 cm³/mol. The van der Waals surface area contributed by atoms with Crippen molar-refractivity contribution in [3.05, 3.63) is 0 Å². The van der Waals surface area contributed by atoms with Crippen molar-refractivity contribution in [1.29, 1.82) is 0 Å². The van der Waals surface area contributed by atoms with Crippen molar-refractivity contribution >= 4 is 5.97 Å². The highest BCUT2D eigenvalue weighted by atomic mass is 16.7. The third-order valence-corrected chi connectivity index (χ3v) is 4.92. The van der Waals surface area contributed by atoms with E-state index < -0.39 is 0 Å². The maximum Gasteiger partial charge on any atom is 0.325 e. The molecule has 0 rings (SSSR count). The molecule has 3 heteroatoms. The van der Waals surface area contributed by atoms with Crippen LogP contribution in [0.4, 0.5) is 0 Å². The van der Waals surface area contributed by atoms with Gasteiger partial charge in [-0.1, -0.05) is 96.8 Å². The molecule has 0 radical (unpaired) electrons. The summed E-state index contributed by atoms with van der Waals surface area (Å²) in [5, 5.41) is 1.72. The van der Waals surface area contributed by atoms with Crippen LogP contribution in [0.2, 0.25) is 0 Å². The Morgan fingerprint density at radius 3 is 1.32 bits per heavy atom. The molecule has 0 bridgehead atoms. The second kappa shape index (κ2) is 19.8. The van der Waals surface area contributed by atoms with Crippen molar-refractivity contribution in [1.82, 2.24) is 5.06 Å². The average molecular weight is 356 g/mol. The van der Waals surface area contributed by atoms with Crippen molar-refractivity contribution in [3.63, 3.8) is 0 Å². The molecule has 0 spiro atoms. The van der Waals surface area contributed by atoms with E-state index in [-0.39, 0.29) is 5.97 Å². The minimum Gasteiger partial charge on any atom is -0.368 e.